The van der Waals surface area contributed by atoms with Gasteiger partial charge in [0.15, 0.2) is 0 Å². The highest BCUT2D eigenvalue weighted by atomic mass is 32.1. The lowest BCUT2D eigenvalue weighted by Gasteiger charge is -2.36. The van der Waals surface area contributed by atoms with Crippen LogP contribution in [-0.4, -0.2) is 39.5 Å². The summed E-state index contributed by atoms with van der Waals surface area (Å²) < 4.78 is 0. The highest BCUT2D eigenvalue weighted by molar-refractivity contribution is 7.13. The number of aromatic nitrogens is 1. The van der Waals surface area contributed by atoms with Gasteiger partial charge in [-0.05, 0) is 19.8 Å². The Morgan fingerprint density at radius 1 is 1.29 bits per heavy atom. The largest absolute Gasteiger partial charge is 0.481 e. The molecule has 5 nitrogen and oxygen atoms in total. The number of carboxylic acid groups (broad SMARTS) is 1. The number of hydrogen-bond donors (Lipinski definition) is 1. The molecule has 0 saturated carbocycles. The van der Waals surface area contributed by atoms with Crippen molar-refractivity contribution in [3.05, 3.63) is 41.4 Å². The Morgan fingerprint density at radius 2 is 2.04 bits per heavy atom. The normalized spacial score (nSPS) is 20.8. The van der Waals surface area contributed by atoms with Gasteiger partial charge in [-0.15, -0.1) is 11.3 Å². The van der Waals surface area contributed by atoms with Crippen LogP contribution >= 0.6 is 11.3 Å². The first-order valence-electron chi connectivity index (χ1n) is 8.06. The van der Waals surface area contributed by atoms with Crippen LogP contribution in [0.15, 0.2) is 35.7 Å². The molecule has 0 radical (unpaired) electrons. The van der Waals surface area contributed by atoms with Gasteiger partial charge in [-0.25, -0.2) is 4.98 Å². The molecule has 1 aliphatic rings. The summed E-state index contributed by atoms with van der Waals surface area (Å²) in [7, 11) is 0. The van der Waals surface area contributed by atoms with Gasteiger partial charge < -0.3 is 10.0 Å². The van der Waals surface area contributed by atoms with Gasteiger partial charge in [0.1, 0.15) is 5.01 Å². The van der Waals surface area contributed by atoms with E-state index in [0.717, 1.165) is 22.7 Å². The quantitative estimate of drug-likeness (QED) is 0.925. The van der Waals surface area contributed by atoms with E-state index in [1.54, 1.807) is 4.90 Å². The molecular weight excluding hydrogens is 324 g/mol. The Kier molecular flexibility index (Phi) is 4.94. The average Bonchev–Trinajstić information content (AvgIpc) is 3.04. The second-order valence-electron chi connectivity index (χ2n) is 6.19. The summed E-state index contributed by atoms with van der Waals surface area (Å²) in [5.74, 6) is -1.32. The third-order valence-electron chi connectivity index (χ3n) is 4.46. The Balaban J connectivity index is 1.68. The number of carboxylic acids is 1. The SMILES string of the molecule is C[C@@H]1CC[C@H](C(=O)O)CN1C(=O)Cc1csc(-c2ccccc2)n1. The van der Waals surface area contributed by atoms with E-state index in [1.807, 2.05) is 42.6 Å². The van der Waals surface area contributed by atoms with E-state index >= 15 is 0 Å². The highest BCUT2D eigenvalue weighted by Crippen LogP contribution is 2.25. The zero-order valence-electron chi connectivity index (χ0n) is 13.5. The van der Waals surface area contributed by atoms with Gasteiger partial charge in [-0.1, -0.05) is 30.3 Å². The number of carbonyl (C=O) groups is 2. The Morgan fingerprint density at radius 3 is 2.75 bits per heavy atom. The molecule has 0 aliphatic carbocycles. The maximum atomic E-state index is 12.6. The minimum Gasteiger partial charge on any atom is -0.481 e. The number of rotatable bonds is 4. The topological polar surface area (TPSA) is 70.5 Å². The molecule has 1 aromatic heterocycles. The van der Waals surface area contributed by atoms with Gasteiger partial charge in [0.2, 0.25) is 5.91 Å². The zero-order valence-corrected chi connectivity index (χ0v) is 14.3. The molecule has 3 rings (SSSR count). The van der Waals surface area contributed by atoms with Crippen LogP contribution in [0.2, 0.25) is 0 Å². The number of hydrogen-bond acceptors (Lipinski definition) is 4. The maximum Gasteiger partial charge on any atom is 0.308 e. The van der Waals surface area contributed by atoms with Gasteiger partial charge in [0, 0.05) is 23.5 Å². The summed E-state index contributed by atoms with van der Waals surface area (Å²) in [6.07, 6.45) is 1.59. The monoisotopic (exact) mass is 344 g/mol. The second-order valence-corrected chi connectivity index (χ2v) is 7.05. The fraction of sp³-hybridized carbons (Fsp3) is 0.389. The molecule has 0 bridgehead atoms. The Hall–Kier alpha value is -2.21. The van der Waals surface area contributed by atoms with Crippen LogP contribution in [-0.2, 0) is 16.0 Å². The molecule has 2 atom stereocenters. The van der Waals surface area contributed by atoms with Crippen molar-refractivity contribution in [3.63, 3.8) is 0 Å². The van der Waals surface area contributed by atoms with Crippen molar-refractivity contribution in [2.24, 2.45) is 5.92 Å². The third kappa shape index (κ3) is 3.64. The molecule has 0 spiro atoms. The smallest absolute Gasteiger partial charge is 0.308 e. The molecule has 1 aromatic carbocycles. The first kappa shape index (κ1) is 16.6. The average molecular weight is 344 g/mol. The zero-order chi connectivity index (χ0) is 17.1. The highest BCUT2D eigenvalue weighted by Gasteiger charge is 2.32. The van der Waals surface area contributed by atoms with Crippen molar-refractivity contribution in [3.8, 4) is 10.6 Å². The van der Waals surface area contributed by atoms with Crippen molar-refractivity contribution in [1.82, 2.24) is 9.88 Å². The fourth-order valence-electron chi connectivity index (χ4n) is 3.01. The third-order valence-corrected chi connectivity index (χ3v) is 5.40. The minimum atomic E-state index is -0.820. The van der Waals surface area contributed by atoms with Gasteiger partial charge in [-0.3, -0.25) is 9.59 Å². The molecule has 0 unspecified atom stereocenters. The molecule has 1 fully saturated rings. The first-order valence-corrected chi connectivity index (χ1v) is 8.94. The lowest BCUT2D eigenvalue weighted by atomic mass is 9.93. The molecule has 6 heteroatoms. The number of benzene rings is 1. The summed E-state index contributed by atoms with van der Waals surface area (Å²) in [5, 5.41) is 12.0. The summed E-state index contributed by atoms with van der Waals surface area (Å²) in [6, 6.07) is 9.95. The first-order chi connectivity index (χ1) is 11.5. The van der Waals surface area contributed by atoms with Gasteiger partial charge in [-0.2, -0.15) is 0 Å². The van der Waals surface area contributed by atoms with Gasteiger partial charge >= 0.3 is 5.97 Å². The van der Waals surface area contributed by atoms with Crippen molar-refractivity contribution < 1.29 is 14.7 Å². The number of amides is 1. The number of carbonyl (C=O) groups excluding carboxylic acids is 1. The van der Waals surface area contributed by atoms with E-state index in [9.17, 15) is 14.7 Å². The van der Waals surface area contributed by atoms with Crippen molar-refractivity contribution in [2.75, 3.05) is 6.54 Å². The Bertz CT molecular complexity index is 729. The fourth-order valence-corrected chi connectivity index (χ4v) is 3.84. The second kappa shape index (κ2) is 7.13. The molecule has 1 N–H and O–H groups in total. The van der Waals surface area contributed by atoms with Gasteiger partial charge in [0.05, 0.1) is 18.0 Å². The van der Waals surface area contributed by atoms with Crippen LogP contribution in [0, 0.1) is 5.92 Å². The predicted octanol–water partition coefficient (Wildman–Crippen LogP) is 3.06. The van der Waals surface area contributed by atoms with Crippen LogP contribution < -0.4 is 0 Å². The maximum absolute atomic E-state index is 12.6. The van der Waals surface area contributed by atoms with Crippen molar-refractivity contribution in [2.45, 2.75) is 32.2 Å². The molecule has 2 aromatic rings. The molecule has 126 valence electrons. The molecule has 1 aliphatic heterocycles. The lowest BCUT2D eigenvalue weighted by molar-refractivity contribution is -0.147. The van der Waals surface area contributed by atoms with E-state index in [0.29, 0.717) is 13.0 Å². The van der Waals surface area contributed by atoms with Crippen molar-refractivity contribution >= 4 is 23.2 Å². The van der Waals surface area contributed by atoms with Crippen LogP contribution in [0.5, 0.6) is 0 Å². The minimum absolute atomic E-state index is 0.0432. The molecule has 2 heterocycles. The summed E-state index contributed by atoms with van der Waals surface area (Å²) in [4.78, 5) is 30.0. The lowest BCUT2D eigenvalue weighted by Crippen LogP contribution is -2.47. The van der Waals surface area contributed by atoms with Crippen LogP contribution in [0.4, 0.5) is 0 Å². The van der Waals surface area contributed by atoms with Crippen LogP contribution in [0.3, 0.4) is 0 Å². The Labute approximate surface area is 145 Å². The van der Waals surface area contributed by atoms with E-state index < -0.39 is 11.9 Å². The molecule has 24 heavy (non-hydrogen) atoms. The molecular formula is C18H20N2O3S. The standard InChI is InChI=1S/C18H20N2O3S/c1-12-7-8-14(18(22)23)10-20(12)16(21)9-15-11-24-17(19-15)13-5-3-2-4-6-13/h2-6,11-12,14H,7-10H2,1H3,(H,22,23)/t12-,14+/m1/s1. The summed E-state index contributed by atoms with van der Waals surface area (Å²) in [6.45, 7) is 2.28. The van der Waals surface area contributed by atoms with E-state index in [4.69, 9.17) is 0 Å². The number of nitrogens with zero attached hydrogens (tertiary/aromatic N) is 2. The number of thiazole rings is 1. The number of piperidine rings is 1. The predicted molar refractivity (Wildman–Crippen MR) is 92.8 cm³/mol. The molecule has 1 saturated heterocycles. The van der Waals surface area contributed by atoms with Gasteiger partial charge in [0.25, 0.3) is 0 Å². The van der Waals surface area contributed by atoms with E-state index in [1.165, 1.54) is 11.3 Å². The van der Waals surface area contributed by atoms with E-state index in [2.05, 4.69) is 4.98 Å². The number of likely N-dealkylation sites (tertiary alicyclic amines) is 1. The van der Waals surface area contributed by atoms with E-state index in [-0.39, 0.29) is 18.4 Å². The number of aliphatic carboxylic acids is 1. The van der Waals surface area contributed by atoms with Crippen molar-refractivity contribution in [1.29, 1.82) is 0 Å². The van der Waals surface area contributed by atoms with Crippen LogP contribution in [0.1, 0.15) is 25.5 Å². The summed E-state index contributed by atoms with van der Waals surface area (Å²) in [5.41, 5.74) is 1.78. The summed E-state index contributed by atoms with van der Waals surface area (Å²) >= 11 is 1.52. The molecule has 1 amide bonds. The van der Waals surface area contributed by atoms with Crippen LogP contribution in [0.25, 0.3) is 10.6 Å².